The van der Waals surface area contributed by atoms with Gasteiger partial charge >= 0.3 is 0 Å². The molecule has 1 amide bonds. The zero-order valence-corrected chi connectivity index (χ0v) is 13.0. The van der Waals surface area contributed by atoms with E-state index in [4.69, 9.17) is 0 Å². The van der Waals surface area contributed by atoms with Gasteiger partial charge in [-0.3, -0.25) is 4.79 Å². The van der Waals surface area contributed by atoms with Crippen LogP contribution in [0.5, 0.6) is 0 Å². The summed E-state index contributed by atoms with van der Waals surface area (Å²) in [6.07, 6.45) is 0. The predicted octanol–water partition coefficient (Wildman–Crippen LogP) is 3.96. The molecule has 2 aromatic carbocycles. The van der Waals surface area contributed by atoms with E-state index in [1.807, 2.05) is 24.3 Å². The van der Waals surface area contributed by atoms with Crippen LogP contribution in [-0.4, -0.2) is 21.1 Å². The van der Waals surface area contributed by atoms with Crippen molar-refractivity contribution in [2.24, 2.45) is 0 Å². The monoisotopic (exact) mass is 333 g/mol. The molecule has 0 aliphatic heterocycles. The minimum atomic E-state index is -0.806. The highest BCUT2D eigenvalue weighted by atomic mass is 32.2. The summed E-state index contributed by atoms with van der Waals surface area (Å²) in [4.78, 5) is 19.6. The van der Waals surface area contributed by atoms with Crippen LogP contribution in [0, 0.1) is 11.6 Å². The van der Waals surface area contributed by atoms with Crippen LogP contribution in [0.15, 0.2) is 47.6 Å². The minimum Gasteiger partial charge on any atom is -0.333 e. The average molecular weight is 333 g/mol. The molecule has 118 valence electrons. The number of para-hydroxylation sites is 3. The van der Waals surface area contributed by atoms with Crippen molar-refractivity contribution >= 4 is 34.4 Å². The van der Waals surface area contributed by atoms with E-state index in [0.29, 0.717) is 5.16 Å². The first-order valence-corrected chi connectivity index (χ1v) is 7.79. The third kappa shape index (κ3) is 3.34. The molecule has 3 rings (SSSR count). The second kappa shape index (κ2) is 6.37. The number of aromatic amines is 1. The molecule has 0 aliphatic rings. The van der Waals surface area contributed by atoms with Gasteiger partial charge in [-0.15, -0.1) is 0 Å². The summed E-state index contributed by atoms with van der Waals surface area (Å²) in [6.45, 7) is 1.64. The van der Waals surface area contributed by atoms with Crippen LogP contribution in [0.2, 0.25) is 0 Å². The van der Waals surface area contributed by atoms with E-state index in [0.717, 1.165) is 23.2 Å². The number of rotatable bonds is 4. The summed E-state index contributed by atoms with van der Waals surface area (Å²) in [5.41, 5.74) is 1.22. The molecule has 1 aromatic heterocycles. The van der Waals surface area contributed by atoms with Gasteiger partial charge in [-0.05, 0) is 31.2 Å². The van der Waals surface area contributed by atoms with Crippen LogP contribution in [0.3, 0.4) is 0 Å². The van der Waals surface area contributed by atoms with Crippen molar-refractivity contribution in [2.45, 2.75) is 17.3 Å². The van der Waals surface area contributed by atoms with Crippen LogP contribution in [0.1, 0.15) is 6.92 Å². The molecule has 2 N–H and O–H groups in total. The Kier molecular flexibility index (Phi) is 4.29. The highest BCUT2D eigenvalue weighted by Gasteiger charge is 2.19. The summed E-state index contributed by atoms with van der Waals surface area (Å²) < 4.78 is 27.1. The summed E-state index contributed by atoms with van der Waals surface area (Å²) in [5, 5.41) is 2.28. The number of anilines is 1. The third-order valence-corrected chi connectivity index (χ3v) is 4.22. The first-order valence-electron chi connectivity index (χ1n) is 6.91. The van der Waals surface area contributed by atoms with Crippen molar-refractivity contribution in [3.8, 4) is 0 Å². The maximum absolute atomic E-state index is 13.6. The topological polar surface area (TPSA) is 57.8 Å². The Hall–Kier alpha value is -2.41. The molecule has 0 saturated carbocycles. The number of nitrogens with zero attached hydrogens (tertiary/aromatic N) is 1. The van der Waals surface area contributed by atoms with Crippen molar-refractivity contribution in [1.82, 2.24) is 9.97 Å². The highest BCUT2D eigenvalue weighted by molar-refractivity contribution is 8.00. The standard InChI is InChI=1S/C16H13F2N3OS/c1-9(15(22)21-14-10(17)5-4-6-11(14)18)23-16-19-12-7-2-3-8-13(12)20-16/h2-9H,1H3,(H,19,20)(H,21,22). The van der Waals surface area contributed by atoms with E-state index < -0.39 is 28.5 Å². The molecule has 0 fully saturated rings. The van der Waals surface area contributed by atoms with Crippen LogP contribution in [0.25, 0.3) is 11.0 Å². The van der Waals surface area contributed by atoms with Crippen LogP contribution < -0.4 is 5.32 Å². The first kappa shape index (κ1) is 15.5. The Morgan fingerprint density at radius 1 is 1.17 bits per heavy atom. The SMILES string of the molecule is CC(Sc1nc2ccccc2[nH]1)C(=O)Nc1c(F)cccc1F. The Labute approximate surface area is 135 Å². The second-order valence-corrected chi connectivity index (χ2v) is 6.23. The zero-order chi connectivity index (χ0) is 16.4. The summed E-state index contributed by atoms with van der Waals surface area (Å²) in [5.74, 6) is -2.11. The number of carbonyl (C=O) groups is 1. The number of hydrogen-bond acceptors (Lipinski definition) is 3. The van der Waals surface area contributed by atoms with Crippen molar-refractivity contribution in [3.05, 3.63) is 54.1 Å². The van der Waals surface area contributed by atoms with E-state index in [1.165, 1.54) is 17.8 Å². The molecule has 4 nitrogen and oxygen atoms in total. The number of thioether (sulfide) groups is 1. The Balaban J connectivity index is 1.72. The Bertz CT molecular complexity index is 812. The van der Waals surface area contributed by atoms with Crippen molar-refractivity contribution in [1.29, 1.82) is 0 Å². The zero-order valence-electron chi connectivity index (χ0n) is 12.1. The Morgan fingerprint density at radius 2 is 1.87 bits per heavy atom. The lowest BCUT2D eigenvalue weighted by Gasteiger charge is -2.11. The van der Waals surface area contributed by atoms with Gasteiger partial charge in [0.05, 0.1) is 16.3 Å². The van der Waals surface area contributed by atoms with E-state index in [9.17, 15) is 13.6 Å². The van der Waals surface area contributed by atoms with Gasteiger partial charge in [-0.2, -0.15) is 0 Å². The van der Waals surface area contributed by atoms with Gasteiger partial charge in [0.25, 0.3) is 0 Å². The fourth-order valence-corrected chi connectivity index (χ4v) is 2.87. The van der Waals surface area contributed by atoms with Gasteiger partial charge in [0.15, 0.2) is 5.16 Å². The van der Waals surface area contributed by atoms with Gasteiger partial charge in [0.1, 0.15) is 17.3 Å². The molecule has 0 saturated heterocycles. The fraction of sp³-hybridized carbons (Fsp3) is 0.125. The van der Waals surface area contributed by atoms with Crippen LogP contribution >= 0.6 is 11.8 Å². The predicted molar refractivity (Wildman–Crippen MR) is 86.4 cm³/mol. The summed E-state index contributed by atoms with van der Waals surface area (Å²) in [7, 11) is 0. The lowest BCUT2D eigenvalue weighted by Crippen LogP contribution is -2.23. The van der Waals surface area contributed by atoms with Crippen LogP contribution in [0.4, 0.5) is 14.5 Å². The lowest BCUT2D eigenvalue weighted by atomic mass is 10.3. The number of aromatic nitrogens is 2. The quantitative estimate of drug-likeness (QED) is 0.711. The normalized spacial score (nSPS) is 12.3. The molecule has 1 heterocycles. The average Bonchev–Trinajstić information content (AvgIpc) is 2.93. The largest absolute Gasteiger partial charge is 0.333 e. The number of carbonyl (C=O) groups excluding carboxylic acids is 1. The number of benzene rings is 2. The molecule has 1 unspecified atom stereocenters. The molecule has 0 spiro atoms. The molecular weight excluding hydrogens is 320 g/mol. The minimum absolute atomic E-state index is 0.436. The van der Waals surface area contributed by atoms with Gasteiger partial charge in [-0.25, -0.2) is 13.8 Å². The van der Waals surface area contributed by atoms with Crippen LogP contribution in [-0.2, 0) is 4.79 Å². The van der Waals surface area contributed by atoms with E-state index in [-0.39, 0.29) is 0 Å². The molecule has 3 aromatic rings. The molecule has 23 heavy (non-hydrogen) atoms. The van der Waals surface area contributed by atoms with Crippen molar-refractivity contribution in [2.75, 3.05) is 5.32 Å². The first-order chi connectivity index (χ1) is 11.0. The molecular formula is C16H13F2N3OS. The number of imidazole rings is 1. The number of nitrogens with one attached hydrogen (secondary N) is 2. The highest BCUT2D eigenvalue weighted by Crippen LogP contribution is 2.25. The summed E-state index contributed by atoms with van der Waals surface area (Å²) in [6, 6.07) is 10.9. The second-order valence-electron chi connectivity index (χ2n) is 4.91. The maximum atomic E-state index is 13.6. The van der Waals surface area contributed by atoms with Gasteiger partial charge in [0.2, 0.25) is 5.91 Å². The summed E-state index contributed by atoms with van der Waals surface area (Å²) >= 11 is 1.18. The third-order valence-electron chi connectivity index (χ3n) is 3.24. The molecule has 0 radical (unpaired) electrons. The van der Waals surface area contributed by atoms with Gasteiger partial charge in [-0.1, -0.05) is 30.0 Å². The maximum Gasteiger partial charge on any atom is 0.237 e. The van der Waals surface area contributed by atoms with E-state index >= 15 is 0 Å². The Morgan fingerprint density at radius 3 is 2.57 bits per heavy atom. The van der Waals surface area contributed by atoms with Gasteiger partial charge < -0.3 is 10.3 Å². The number of fused-ring (bicyclic) bond motifs is 1. The smallest absolute Gasteiger partial charge is 0.237 e. The molecule has 0 aliphatic carbocycles. The van der Waals surface area contributed by atoms with Gasteiger partial charge in [0, 0.05) is 0 Å². The van der Waals surface area contributed by atoms with Crippen molar-refractivity contribution < 1.29 is 13.6 Å². The van der Waals surface area contributed by atoms with E-state index in [2.05, 4.69) is 15.3 Å². The number of hydrogen-bond donors (Lipinski definition) is 2. The molecule has 0 bridgehead atoms. The van der Waals surface area contributed by atoms with E-state index in [1.54, 1.807) is 6.92 Å². The van der Waals surface area contributed by atoms with Crippen molar-refractivity contribution in [3.63, 3.8) is 0 Å². The fourth-order valence-electron chi connectivity index (χ4n) is 2.05. The lowest BCUT2D eigenvalue weighted by molar-refractivity contribution is -0.115. The number of amides is 1. The number of H-pyrrole nitrogens is 1. The number of halogens is 2. The molecule has 1 atom stereocenters. The molecule has 7 heteroatoms.